The molecule has 0 saturated carbocycles. The predicted octanol–water partition coefficient (Wildman–Crippen LogP) is 2.86. The Morgan fingerprint density at radius 3 is 2.65 bits per heavy atom. The number of nitrogens with zero attached hydrogens (tertiary/aromatic N) is 2. The van der Waals surface area contributed by atoms with E-state index < -0.39 is 0 Å². The lowest BCUT2D eigenvalue weighted by Gasteiger charge is -2.16. The van der Waals surface area contributed by atoms with Crippen LogP contribution in [0.5, 0.6) is 5.75 Å². The maximum absolute atomic E-state index is 5.70. The molecule has 1 aromatic rings. The Morgan fingerprint density at radius 2 is 2.10 bits per heavy atom. The van der Waals surface area contributed by atoms with Crippen molar-refractivity contribution in [2.75, 3.05) is 33.8 Å². The summed E-state index contributed by atoms with van der Waals surface area (Å²) in [6.45, 7) is 7.18. The van der Waals surface area contributed by atoms with E-state index >= 15 is 0 Å². The molecule has 0 aliphatic heterocycles. The van der Waals surface area contributed by atoms with Crippen LogP contribution in [0.1, 0.15) is 44.8 Å². The molecule has 1 atom stereocenters. The Kier molecular flexibility index (Phi) is 8.23. The number of hydrogen-bond acceptors (Lipinski definition) is 4. The van der Waals surface area contributed by atoms with E-state index in [2.05, 4.69) is 49.2 Å². The topological polar surface area (TPSA) is 37.4 Å². The van der Waals surface area contributed by atoms with E-state index in [1.54, 1.807) is 0 Å². The standard InChI is InChI=1S/C16H29N3O/c1-5-10-17-15(6-2)16-9-8-14(13-18-16)20-12-7-11-19(3)4/h8-9,13,15,17H,5-7,10-12H2,1-4H3. The van der Waals surface area contributed by atoms with Gasteiger partial charge in [-0.25, -0.2) is 0 Å². The van der Waals surface area contributed by atoms with Crippen molar-refractivity contribution in [1.29, 1.82) is 0 Å². The second kappa shape index (κ2) is 9.72. The van der Waals surface area contributed by atoms with Crippen LogP contribution < -0.4 is 10.1 Å². The Hall–Kier alpha value is -1.13. The van der Waals surface area contributed by atoms with Crippen LogP contribution in [0.3, 0.4) is 0 Å². The van der Waals surface area contributed by atoms with Gasteiger partial charge in [0.15, 0.2) is 0 Å². The number of rotatable bonds is 10. The molecule has 0 radical (unpaired) electrons. The van der Waals surface area contributed by atoms with Gasteiger partial charge in [-0.05, 0) is 52.0 Å². The average molecular weight is 279 g/mol. The molecule has 1 unspecified atom stereocenters. The Bertz CT molecular complexity index is 351. The molecular weight excluding hydrogens is 250 g/mol. The number of ether oxygens (including phenoxy) is 1. The molecule has 1 heterocycles. The fraction of sp³-hybridized carbons (Fsp3) is 0.688. The Labute approximate surface area is 123 Å². The van der Waals surface area contributed by atoms with E-state index in [4.69, 9.17) is 4.74 Å². The summed E-state index contributed by atoms with van der Waals surface area (Å²) in [5, 5.41) is 3.51. The summed E-state index contributed by atoms with van der Waals surface area (Å²) in [5.74, 6) is 0.859. The first kappa shape index (κ1) is 16.9. The van der Waals surface area contributed by atoms with Gasteiger partial charge >= 0.3 is 0 Å². The first-order valence-corrected chi connectivity index (χ1v) is 7.64. The summed E-state index contributed by atoms with van der Waals surface area (Å²) in [6.07, 6.45) is 5.06. The third-order valence-electron chi connectivity index (χ3n) is 3.18. The van der Waals surface area contributed by atoms with Crippen molar-refractivity contribution in [3.63, 3.8) is 0 Å². The number of hydrogen-bond donors (Lipinski definition) is 1. The van der Waals surface area contributed by atoms with Crippen LogP contribution in [0.15, 0.2) is 18.3 Å². The largest absolute Gasteiger partial charge is 0.492 e. The van der Waals surface area contributed by atoms with Crippen LogP contribution in [0.25, 0.3) is 0 Å². The molecule has 0 fully saturated rings. The molecule has 0 bridgehead atoms. The summed E-state index contributed by atoms with van der Waals surface area (Å²) in [4.78, 5) is 6.68. The minimum Gasteiger partial charge on any atom is -0.492 e. The molecule has 4 heteroatoms. The van der Waals surface area contributed by atoms with E-state index in [1.807, 2.05) is 12.3 Å². The molecule has 0 saturated heterocycles. The van der Waals surface area contributed by atoms with Crippen molar-refractivity contribution in [3.8, 4) is 5.75 Å². The zero-order valence-corrected chi connectivity index (χ0v) is 13.4. The highest BCUT2D eigenvalue weighted by molar-refractivity contribution is 5.21. The third-order valence-corrected chi connectivity index (χ3v) is 3.18. The van der Waals surface area contributed by atoms with Gasteiger partial charge < -0.3 is 15.0 Å². The van der Waals surface area contributed by atoms with Crippen molar-refractivity contribution in [2.45, 2.75) is 39.2 Å². The highest BCUT2D eigenvalue weighted by Crippen LogP contribution is 2.17. The van der Waals surface area contributed by atoms with E-state index in [0.717, 1.165) is 50.4 Å². The monoisotopic (exact) mass is 279 g/mol. The molecule has 20 heavy (non-hydrogen) atoms. The van der Waals surface area contributed by atoms with Gasteiger partial charge in [0.05, 0.1) is 18.5 Å². The van der Waals surface area contributed by atoms with Crippen molar-refractivity contribution >= 4 is 0 Å². The summed E-state index contributed by atoms with van der Waals surface area (Å²) in [6, 6.07) is 4.43. The zero-order chi connectivity index (χ0) is 14.8. The lowest BCUT2D eigenvalue weighted by atomic mass is 10.1. The molecule has 0 amide bonds. The zero-order valence-electron chi connectivity index (χ0n) is 13.4. The van der Waals surface area contributed by atoms with Gasteiger partial charge in [0, 0.05) is 12.6 Å². The van der Waals surface area contributed by atoms with Crippen molar-refractivity contribution in [2.24, 2.45) is 0 Å². The first-order chi connectivity index (χ1) is 9.67. The maximum Gasteiger partial charge on any atom is 0.137 e. The summed E-state index contributed by atoms with van der Waals surface area (Å²) < 4.78 is 5.70. The van der Waals surface area contributed by atoms with Crippen LogP contribution >= 0.6 is 0 Å². The van der Waals surface area contributed by atoms with Crippen LogP contribution in [-0.2, 0) is 0 Å². The summed E-state index contributed by atoms with van der Waals surface area (Å²) in [7, 11) is 4.15. The van der Waals surface area contributed by atoms with Crippen molar-refractivity contribution in [1.82, 2.24) is 15.2 Å². The lowest BCUT2D eigenvalue weighted by molar-refractivity contribution is 0.280. The van der Waals surface area contributed by atoms with Gasteiger partial charge in [-0.3, -0.25) is 4.98 Å². The molecule has 0 spiro atoms. The van der Waals surface area contributed by atoms with Crippen LogP contribution in [0, 0.1) is 0 Å². The fourth-order valence-electron chi connectivity index (χ4n) is 2.03. The molecule has 1 aromatic heterocycles. The van der Waals surface area contributed by atoms with Crippen molar-refractivity contribution < 1.29 is 4.74 Å². The minimum atomic E-state index is 0.345. The molecule has 1 rings (SSSR count). The van der Waals surface area contributed by atoms with E-state index in [-0.39, 0.29) is 0 Å². The minimum absolute atomic E-state index is 0.345. The maximum atomic E-state index is 5.70. The fourth-order valence-corrected chi connectivity index (χ4v) is 2.03. The summed E-state index contributed by atoms with van der Waals surface area (Å²) in [5.41, 5.74) is 1.10. The van der Waals surface area contributed by atoms with Crippen LogP contribution in [-0.4, -0.2) is 43.7 Å². The van der Waals surface area contributed by atoms with E-state index in [1.165, 1.54) is 0 Å². The number of pyridine rings is 1. The first-order valence-electron chi connectivity index (χ1n) is 7.64. The van der Waals surface area contributed by atoms with Gasteiger partial charge in [-0.2, -0.15) is 0 Å². The van der Waals surface area contributed by atoms with Gasteiger partial charge in [-0.15, -0.1) is 0 Å². The summed E-state index contributed by atoms with van der Waals surface area (Å²) >= 11 is 0. The van der Waals surface area contributed by atoms with E-state index in [0.29, 0.717) is 6.04 Å². The predicted molar refractivity (Wildman–Crippen MR) is 84.2 cm³/mol. The van der Waals surface area contributed by atoms with Gasteiger partial charge in [-0.1, -0.05) is 13.8 Å². The molecule has 114 valence electrons. The molecule has 1 N–H and O–H groups in total. The number of nitrogens with one attached hydrogen (secondary N) is 1. The smallest absolute Gasteiger partial charge is 0.137 e. The van der Waals surface area contributed by atoms with Gasteiger partial charge in [0.2, 0.25) is 0 Å². The van der Waals surface area contributed by atoms with Gasteiger partial charge in [0.1, 0.15) is 5.75 Å². The second-order valence-corrected chi connectivity index (χ2v) is 5.34. The SMILES string of the molecule is CCCNC(CC)c1ccc(OCCCN(C)C)cn1. The Morgan fingerprint density at radius 1 is 1.30 bits per heavy atom. The van der Waals surface area contributed by atoms with Crippen molar-refractivity contribution in [3.05, 3.63) is 24.0 Å². The molecule has 0 aliphatic rings. The van der Waals surface area contributed by atoms with Crippen LogP contribution in [0.4, 0.5) is 0 Å². The quantitative estimate of drug-likeness (QED) is 0.668. The van der Waals surface area contributed by atoms with Crippen LogP contribution in [0.2, 0.25) is 0 Å². The highest BCUT2D eigenvalue weighted by atomic mass is 16.5. The Balaban J connectivity index is 2.42. The number of aromatic nitrogens is 1. The molecule has 4 nitrogen and oxygen atoms in total. The molecular formula is C16H29N3O. The molecule has 0 aliphatic carbocycles. The lowest BCUT2D eigenvalue weighted by Crippen LogP contribution is -2.22. The van der Waals surface area contributed by atoms with Gasteiger partial charge in [0.25, 0.3) is 0 Å². The molecule has 0 aromatic carbocycles. The highest BCUT2D eigenvalue weighted by Gasteiger charge is 2.09. The normalized spacial score (nSPS) is 12.7. The second-order valence-electron chi connectivity index (χ2n) is 5.34. The van der Waals surface area contributed by atoms with E-state index in [9.17, 15) is 0 Å². The third kappa shape index (κ3) is 6.35. The average Bonchev–Trinajstić information content (AvgIpc) is 2.45.